The minimum Gasteiger partial charge on any atom is -0.480 e. The van der Waals surface area contributed by atoms with Gasteiger partial charge in [-0.3, -0.25) is 14.5 Å². The molecule has 0 atom stereocenters. The average molecular weight is 305 g/mol. The van der Waals surface area contributed by atoms with Gasteiger partial charge in [-0.25, -0.2) is 0 Å². The van der Waals surface area contributed by atoms with Crippen LogP contribution in [0.4, 0.5) is 5.69 Å². The smallest absolute Gasteiger partial charge is 0.323 e. The van der Waals surface area contributed by atoms with Gasteiger partial charge in [0.2, 0.25) is 0 Å². The molecule has 0 saturated heterocycles. The molecule has 0 fully saturated rings. The molecule has 1 heterocycles. The van der Waals surface area contributed by atoms with Crippen LogP contribution in [0.25, 0.3) is 0 Å². The minimum absolute atomic E-state index is 0.0116. The number of amides is 1. The number of carbonyl (C=O) groups excluding carboxylic acids is 1. The van der Waals surface area contributed by atoms with E-state index in [-0.39, 0.29) is 19.1 Å². The van der Waals surface area contributed by atoms with Crippen LogP contribution in [-0.2, 0) is 20.9 Å². The summed E-state index contributed by atoms with van der Waals surface area (Å²) in [5, 5.41) is 12.5. The Hall–Kier alpha value is -2.74. The highest BCUT2D eigenvalue weighted by molar-refractivity contribution is 5.98. The highest BCUT2D eigenvalue weighted by atomic mass is 16.5. The molecule has 0 spiro atoms. The van der Waals surface area contributed by atoms with E-state index in [1.165, 1.54) is 0 Å². The second-order valence-corrected chi connectivity index (χ2v) is 4.44. The van der Waals surface area contributed by atoms with Crippen LogP contribution in [0.5, 0.6) is 0 Å². The molecule has 0 saturated carbocycles. The number of rotatable bonds is 7. The van der Waals surface area contributed by atoms with Crippen molar-refractivity contribution in [2.45, 2.75) is 13.5 Å². The number of aromatic nitrogens is 2. The molecule has 1 amide bonds. The zero-order chi connectivity index (χ0) is 15.9. The third-order valence-electron chi connectivity index (χ3n) is 2.68. The predicted octanol–water partition coefficient (Wildman–Crippen LogP) is 1.01. The number of aliphatic carboxylic acids is 1. The lowest BCUT2D eigenvalue weighted by atomic mass is 10.3. The van der Waals surface area contributed by atoms with Crippen LogP contribution in [0.1, 0.15) is 11.7 Å². The largest absolute Gasteiger partial charge is 0.480 e. The van der Waals surface area contributed by atoms with Gasteiger partial charge in [-0.15, -0.1) is 0 Å². The van der Waals surface area contributed by atoms with Crippen LogP contribution in [0.15, 0.2) is 34.9 Å². The quantitative estimate of drug-likeness (QED) is 0.813. The minimum atomic E-state index is -1.11. The van der Waals surface area contributed by atoms with Crippen molar-refractivity contribution in [3.63, 3.8) is 0 Å². The molecule has 1 N–H and O–H groups in total. The van der Waals surface area contributed by atoms with E-state index in [2.05, 4.69) is 10.1 Å². The van der Waals surface area contributed by atoms with Crippen molar-refractivity contribution in [2.24, 2.45) is 0 Å². The second kappa shape index (κ2) is 7.32. The summed E-state index contributed by atoms with van der Waals surface area (Å²) in [5.74, 6) is -0.842. The maximum absolute atomic E-state index is 12.1. The first-order valence-corrected chi connectivity index (χ1v) is 6.50. The van der Waals surface area contributed by atoms with E-state index in [1.54, 1.807) is 37.3 Å². The summed E-state index contributed by atoms with van der Waals surface area (Å²) in [5.41, 5.74) is 0.493. The lowest BCUT2D eigenvalue weighted by Crippen LogP contribution is -2.38. The van der Waals surface area contributed by atoms with Gasteiger partial charge in [0.15, 0.2) is 5.82 Å². The summed E-state index contributed by atoms with van der Waals surface area (Å²) in [6, 6.07) is 8.53. The monoisotopic (exact) mass is 305 g/mol. The maximum atomic E-state index is 12.1. The molecule has 2 rings (SSSR count). The number of ether oxygens (including phenoxy) is 1. The van der Waals surface area contributed by atoms with Crippen LogP contribution < -0.4 is 4.90 Å². The van der Waals surface area contributed by atoms with Gasteiger partial charge in [-0.05, 0) is 19.1 Å². The first-order chi connectivity index (χ1) is 10.6. The fourth-order valence-corrected chi connectivity index (χ4v) is 1.77. The Kier molecular flexibility index (Phi) is 5.21. The highest BCUT2D eigenvalue weighted by Crippen LogP contribution is 2.13. The Balaban J connectivity index is 1.95. The number of anilines is 1. The van der Waals surface area contributed by atoms with Gasteiger partial charge >= 0.3 is 5.97 Å². The summed E-state index contributed by atoms with van der Waals surface area (Å²) in [6.07, 6.45) is 0. The van der Waals surface area contributed by atoms with E-state index in [4.69, 9.17) is 14.4 Å². The molecule has 0 aliphatic heterocycles. The summed E-state index contributed by atoms with van der Waals surface area (Å²) < 4.78 is 10.0. The summed E-state index contributed by atoms with van der Waals surface area (Å²) >= 11 is 0. The Bertz CT molecular complexity index is 641. The molecular formula is C14H15N3O5. The third-order valence-corrected chi connectivity index (χ3v) is 2.68. The van der Waals surface area contributed by atoms with Crippen LogP contribution in [0.3, 0.4) is 0 Å². The van der Waals surface area contributed by atoms with Crippen molar-refractivity contribution in [3.8, 4) is 0 Å². The van der Waals surface area contributed by atoms with E-state index in [1.807, 2.05) is 0 Å². The Labute approximate surface area is 126 Å². The van der Waals surface area contributed by atoms with Gasteiger partial charge < -0.3 is 14.4 Å². The van der Waals surface area contributed by atoms with Crippen molar-refractivity contribution < 1.29 is 24.0 Å². The molecule has 1 aromatic carbocycles. The zero-order valence-corrected chi connectivity index (χ0v) is 11.9. The molecule has 0 aliphatic rings. The number of hydrogen-bond acceptors (Lipinski definition) is 6. The fraction of sp³-hybridized carbons (Fsp3) is 0.286. The van der Waals surface area contributed by atoms with Crippen LogP contribution >= 0.6 is 0 Å². The molecule has 8 heteroatoms. The number of benzene rings is 1. The molecule has 0 bridgehead atoms. The number of nitrogens with zero attached hydrogens (tertiary/aromatic N) is 3. The molecule has 116 valence electrons. The second-order valence-electron chi connectivity index (χ2n) is 4.44. The van der Waals surface area contributed by atoms with Gasteiger partial charge in [0.1, 0.15) is 19.8 Å². The lowest BCUT2D eigenvalue weighted by molar-refractivity contribution is -0.137. The first-order valence-electron chi connectivity index (χ1n) is 6.50. The van der Waals surface area contributed by atoms with Gasteiger partial charge in [-0.2, -0.15) is 4.98 Å². The van der Waals surface area contributed by atoms with E-state index in [0.29, 0.717) is 11.5 Å². The maximum Gasteiger partial charge on any atom is 0.323 e. The molecule has 0 radical (unpaired) electrons. The summed E-state index contributed by atoms with van der Waals surface area (Å²) in [6.45, 7) is 0.930. The first kappa shape index (κ1) is 15.6. The Morgan fingerprint density at radius 1 is 1.32 bits per heavy atom. The van der Waals surface area contributed by atoms with E-state index in [9.17, 15) is 9.59 Å². The van der Waals surface area contributed by atoms with E-state index >= 15 is 0 Å². The number of para-hydroxylation sites is 1. The normalized spacial score (nSPS) is 10.4. The van der Waals surface area contributed by atoms with Crippen LogP contribution in [0.2, 0.25) is 0 Å². The molecular weight excluding hydrogens is 290 g/mol. The number of carboxylic acids is 1. The topological polar surface area (TPSA) is 106 Å². The fourth-order valence-electron chi connectivity index (χ4n) is 1.77. The Morgan fingerprint density at radius 3 is 2.64 bits per heavy atom. The summed E-state index contributed by atoms with van der Waals surface area (Å²) in [7, 11) is 0. The van der Waals surface area contributed by atoms with E-state index < -0.39 is 18.4 Å². The highest BCUT2D eigenvalue weighted by Gasteiger charge is 2.19. The van der Waals surface area contributed by atoms with Crippen molar-refractivity contribution in [3.05, 3.63) is 42.0 Å². The number of aryl methyl sites for hydroxylation is 1. The van der Waals surface area contributed by atoms with Gasteiger partial charge in [0.25, 0.3) is 11.8 Å². The van der Waals surface area contributed by atoms with Gasteiger partial charge in [0.05, 0.1) is 0 Å². The molecule has 2 aromatic rings. The lowest BCUT2D eigenvalue weighted by Gasteiger charge is -2.20. The molecule has 1 aromatic heterocycles. The van der Waals surface area contributed by atoms with Crippen molar-refractivity contribution in [1.82, 2.24) is 10.1 Å². The summed E-state index contributed by atoms with van der Waals surface area (Å²) in [4.78, 5) is 28.1. The van der Waals surface area contributed by atoms with Crippen molar-refractivity contribution in [2.75, 3.05) is 18.1 Å². The van der Waals surface area contributed by atoms with Crippen molar-refractivity contribution in [1.29, 1.82) is 0 Å². The van der Waals surface area contributed by atoms with Crippen LogP contribution in [-0.4, -0.2) is 40.3 Å². The number of carbonyl (C=O) groups is 2. The van der Waals surface area contributed by atoms with Crippen LogP contribution in [0, 0.1) is 6.92 Å². The molecule has 0 aliphatic carbocycles. The molecule has 22 heavy (non-hydrogen) atoms. The SMILES string of the molecule is Cc1noc(COCC(=O)N(CC(=O)O)c2ccccc2)n1. The predicted molar refractivity (Wildman–Crippen MR) is 75.1 cm³/mol. The molecule has 0 unspecified atom stereocenters. The molecule has 8 nitrogen and oxygen atoms in total. The standard InChI is InChI=1S/C14H15N3O5/c1-10-15-12(22-16-10)8-21-9-13(18)17(7-14(19)20)11-5-3-2-4-6-11/h2-6H,7-9H2,1H3,(H,19,20). The Morgan fingerprint density at radius 2 is 2.05 bits per heavy atom. The van der Waals surface area contributed by atoms with E-state index in [0.717, 1.165) is 4.90 Å². The third kappa shape index (κ3) is 4.38. The average Bonchev–Trinajstić information content (AvgIpc) is 2.91. The zero-order valence-electron chi connectivity index (χ0n) is 11.9. The van der Waals surface area contributed by atoms with Gasteiger partial charge in [0, 0.05) is 5.69 Å². The number of carboxylic acid groups (broad SMARTS) is 1. The van der Waals surface area contributed by atoms with Gasteiger partial charge in [-0.1, -0.05) is 23.4 Å². The van der Waals surface area contributed by atoms with Crippen molar-refractivity contribution >= 4 is 17.6 Å². The number of hydrogen-bond donors (Lipinski definition) is 1.